The zero-order valence-corrected chi connectivity index (χ0v) is 7.92. The molecular formula is C9H19NO2. The number of aliphatic carboxylic acids is 1. The van der Waals surface area contributed by atoms with Gasteiger partial charge in [0.15, 0.2) is 0 Å². The summed E-state index contributed by atoms with van der Waals surface area (Å²) in [4.78, 5) is 10.2. The molecule has 0 aromatic heterocycles. The molecule has 0 spiro atoms. The van der Waals surface area contributed by atoms with E-state index < -0.39 is 5.97 Å². The van der Waals surface area contributed by atoms with Crippen LogP contribution in [0, 0.1) is 5.92 Å². The number of rotatable bonds is 6. The first kappa shape index (κ1) is 11.4. The van der Waals surface area contributed by atoms with E-state index in [2.05, 4.69) is 6.92 Å². The molecule has 0 fully saturated rings. The highest BCUT2D eigenvalue weighted by Crippen LogP contribution is 2.13. The Morgan fingerprint density at radius 2 is 1.92 bits per heavy atom. The van der Waals surface area contributed by atoms with Gasteiger partial charge < -0.3 is 10.8 Å². The second kappa shape index (κ2) is 6.00. The van der Waals surface area contributed by atoms with E-state index in [4.69, 9.17) is 10.8 Å². The lowest BCUT2D eigenvalue weighted by Crippen LogP contribution is -2.15. The Balaban J connectivity index is 3.33. The molecule has 0 aliphatic heterocycles. The summed E-state index contributed by atoms with van der Waals surface area (Å²) in [6, 6.07) is 0.234. The fourth-order valence-electron chi connectivity index (χ4n) is 1.06. The van der Waals surface area contributed by atoms with Crippen LogP contribution in [0.4, 0.5) is 0 Å². The van der Waals surface area contributed by atoms with Crippen molar-refractivity contribution in [2.45, 2.75) is 45.6 Å². The molecule has 0 saturated heterocycles. The molecule has 0 bridgehead atoms. The summed E-state index contributed by atoms with van der Waals surface area (Å²) in [6.07, 6.45) is 3.06. The molecule has 0 saturated carbocycles. The van der Waals surface area contributed by atoms with Crippen molar-refractivity contribution >= 4 is 5.97 Å². The first-order valence-corrected chi connectivity index (χ1v) is 4.49. The summed E-state index contributed by atoms with van der Waals surface area (Å²) in [5, 5.41) is 8.42. The molecule has 0 amide bonds. The van der Waals surface area contributed by atoms with E-state index in [1.807, 2.05) is 6.92 Å². The molecule has 0 aromatic carbocycles. The van der Waals surface area contributed by atoms with Crippen LogP contribution in [-0.4, -0.2) is 17.1 Å². The Morgan fingerprint density at radius 3 is 2.33 bits per heavy atom. The van der Waals surface area contributed by atoms with Gasteiger partial charge in [0.1, 0.15) is 0 Å². The quantitative estimate of drug-likeness (QED) is 0.641. The van der Waals surface area contributed by atoms with Crippen LogP contribution in [0.1, 0.15) is 39.5 Å². The fraction of sp³-hybridized carbons (Fsp3) is 0.889. The minimum Gasteiger partial charge on any atom is -0.481 e. The van der Waals surface area contributed by atoms with Crippen LogP contribution in [0.3, 0.4) is 0 Å². The van der Waals surface area contributed by atoms with Gasteiger partial charge in [-0.2, -0.15) is 0 Å². The van der Waals surface area contributed by atoms with Gasteiger partial charge in [0.2, 0.25) is 0 Å². The van der Waals surface area contributed by atoms with Crippen LogP contribution >= 0.6 is 0 Å². The smallest absolute Gasteiger partial charge is 0.303 e. The number of hydrogen-bond donors (Lipinski definition) is 2. The van der Waals surface area contributed by atoms with Gasteiger partial charge in [0, 0.05) is 12.5 Å². The zero-order valence-electron chi connectivity index (χ0n) is 7.92. The van der Waals surface area contributed by atoms with Crippen LogP contribution in [0.5, 0.6) is 0 Å². The third-order valence-electron chi connectivity index (χ3n) is 1.97. The van der Waals surface area contributed by atoms with Crippen molar-refractivity contribution in [1.29, 1.82) is 0 Å². The van der Waals surface area contributed by atoms with Gasteiger partial charge in [-0.05, 0) is 32.1 Å². The Bertz CT molecular complexity index is 134. The minimum absolute atomic E-state index is 0.234. The van der Waals surface area contributed by atoms with Crippen LogP contribution < -0.4 is 5.73 Å². The van der Waals surface area contributed by atoms with Gasteiger partial charge in [-0.1, -0.05) is 6.92 Å². The summed E-state index contributed by atoms with van der Waals surface area (Å²) >= 11 is 0. The van der Waals surface area contributed by atoms with Crippen molar-refractivity contribution < 1.29 is 9.90 Å². The molecule has 0 aromatic rings. The predicted molar refractivity (Wildman–Crippen MR) is 48.9 cm³/mol. The van der Waals surface area contributed by atoms with Crippen molar-refractivity contribution in [2.75, 3.05) is 0 Å². The lowest BCUT2D eigenvalue weighted by Gasteiger charge is -2.10. The first-order valence-electron chi connectivity index (χ1n) is 4.49. The Hall–Kier alpha value is -0.570. The van der Waals surface area contributed by atoms with E-state index in [0.717, 1.165) is 19.3 Å². The topological polar surface area (TPSA) is 63.3 Å². The van der Waals surface area contributed by atoms with Crippen molar-refractivity contribution in [2.24, 2.45) is 11.7 Å². The number of carbonyl (C=O) groups is 1. The monoisotopic (exact) mass is 173 g/mol. The molecule has 0 heterocycles. The summed E-state index contributed by atoms with van der Waals surface area (Å²) < 4.78 is 0. The molecule has 0 aliphatic carbocycles. The average Bonchev–Trinajstić information content (AvgIpc) is 1.96. The highest BCUT2D eigenvalue weighted by Gasteiger charge is 2.06. The maximum absolute atomic E-state index is 10.2. The van der Waals surface area contributed by atoms with E-state index in [1.54, 1.807) is 0 Å². The molecule has 2 atom stereocenters. The second-order valence-corrected chi connectivity index (χ2v) is 3.59. The highest BCUT2D eigenvalue weighted by atomic mass is 16.4. The van der Waals surface area contributed by atoms with Gasteiger partial charge in [0.25, 0.3) is 0 Å². The largest absolute Gasteiger partial charge is 0.481 e. The summed E-state index contributed by atoms with van der Waals surface area (Å²) in [6.45, 7) is 4.05. The molecular weight excluding hydrogens is 154 g/mol. The van der Waals surface area contributed by atoms with E-state index in [0.29, 0.717) is 5.92 Å². The Labute approximate surface area is 74.0 Å². The van der Waals surface area contributed by atoms with Crippen LogP contribution in [0.2, 0.25) is 0 Å². The van der Waals surface area contributed by atoms with Crippen LogP contribution in [0.25, 0.3) is 0 Å². The molecule has 0 aliphatic rings. The third-order valence-corrected chi connectivity index (χ3v) is 1.97. The first-order chi connectivity index (χ1) is 5.52. The van der Waals surface area contributed by atoms with Crippen molar-refractivity contribution in [1.82, 2.24) is 0 Å². The lowest BCUT2D eigenvalue weighted by atomic mass is 9.98. The van der Waals surface area contributed by atoms with Crippen LogP contribution in [-0.2, 0) is 4.79 Å². The number of hydrogen-bond acceptors (Lipinski definition) is 2. The molecule has 0 rings (SSSR count). The lowest BCUT2D eigenvalue weighted by molar-refractivity contribution is -0.137. The molecule has 3 nitrogen and oxygen atoms in total. The SMILES string of the molecule is CC(N)CCC(C)CCC(=O)O. The van der Waals surface area contributed by atoms with Crippen LogP contribution in [0.15, 0.2) is 0 Å². The third kappa shape index (κ3) is 7.54. The molecule has 0 radical (unpaired) electrons. The van der Waals surface area contributed by atoms with Gasteiger partial charge in [-0.3, -0.25) is 4.79 Å². The standard InChI is InChI=1S/C9H19NO2/c1-7(3-5-8(2)10)4-6-9(11)12/h7-8H,3-6,10H2,1-2H3,(H,11,12). The Kier molecular flexibility index (Phi) is 5.72. The Morgan fingerprint density at radius 1 is 1.33 bits per heavy atom. The van der Waals surface area contributed by atoms with Crippen molar-refractivity contribution in [3.8, 4) is 0 Å². The van der Waals surface area contributed by atoms with E-state index in [-0.39, 0.29) is 12.5 Å². The summed E-state index contributed by atoms with van der Waals surface area (Å²) in [5.74, 6) is -0.227. The highest BCUT2D eigenvalue weighted by molar-refractivity contribution is 5.66. The van der Waals surface area contributed by atoms with Crippen molar-refractivity contribution in [3.05, 3.63) is 0 Å². The summed E-state index contributed by atoms with van der Waals surface area (Å²) in [5.41, 5.74) is 5.58. The van der Waals surface area contributed by atoms with Gasteiger partial charge in [-0.15, -0.1) is 0 Å². The van der Waals surface area contributed by atoms with Crippen molar-refractivity contribution in [3.63, 3.8) is 0 Å². The van der Waals surface area contributed by atoms with E-state index in [1.165, 1.54) is 0 Å². The molecule has 2 unspecified atom stereocenters. The number of carboxylic acids is 1. The molecule has 3 heteroatoms. The molecule has 3 N–H and O–H groups in total. The predicted octanol–water partition coefficient (Wildman–Crippen LogP) is 1.61. The maximum atomic E-state index is 10.2. The van der Waals surface area contributed by atoms with Gasteiger partial charge in [-0.25, -0.2) is 0 Å². The van der Waals surface area contributed by atoms with E-state index in [9.17, 15) is 4.79 Å². The summed E-state index contributed by atoms with van der Waals surface area (Å²) in [7, 11) is 0. The maximum Gasteiger partial charge on any atom is 0.303 e. The molecule has 12 heavy (non-hydrogen) atoms. The second-order valence-electron chi connectivity index (χ2n) is 3.59. The number of nitrogens with two attached hydrogens (primary N) is 1. The normalized spacial score (nSPS) is 15.6. The fourth-order valence-corrected chi connectivity index (χ4v) is 1.06. The van der Waals surface area contributed by atoms with E-state index >= 15 is 0 Å². The average molecular weight is 173 g/mol. The zero-order chi connectivity index (χ0) is 9.56. The number of carboxylic acid groups (broad SMARTS) is 1. The molecule has 72 valence electrons. The van der Waals surface area contributed by atoms with Gasteiger partial charge >= 0.3 is 5.97 Å². The van der Waals surface area contributed by atoms with Gasteiger partial charge in [0.05, 0.1) is 0 Å². The minimum atomic E-state index is -0.706.